The van der Waals surface area contributed by atoms with Crippen molar-refractivity contribution in [1.82, 2.24) is 0 Å². The van der Waals surface area contributed by atoms with Crippen molar-refractivity contribution in [3.05, 3.63) is 0 Å². The molecule has 0 aromatic heterocycles. The van der Waals surface area contributed by atoms with Gasteiger partial charge in [-0.15, -0.1) is 0 Å². The Kier molecular flexibility index (Phi) is 27.7. The molecule has 0 rings (SSSR count). The zero-order chi connectivity index (χ0) is 8.73. The molecular formula is C4H3NaO6Sr. The topological polar surface area (TPSA) is 120 Å². The van der Waals surface area contributed by atoms with Crippen LogP contribution in [0.1, 0.15) is 6.92 Å². The van der Waals surface area contributed by atoms with Gasteiger partial charge in [-0.1, -0.05) is 0 Å². The first-order chi connectivity index (χ1) is 4.37. The van der Waals surface area contributed by atoms with Gasteiger partial charge in [-0.3, -0.25) is 0 Å². The van der Waals surface area contributed by atoms with Gasteiger partial charge < -0.3 is 29.7 Å². The first-order valence-electron chi connectivity index (χ1n) is 1.97. The van der Waals surface area contributed by atoms with E-state index in [0.717, 1.165) is 6.92 Å². The van der Waals surface area contributed by atoms with Gasteiger partial charge in [0.25, 0.3) is 0 Å². The van der Waals surface area contributed by atoms with Gasteiger partial charge in [-0.25, -0.2) is 0 Å². The second-order valence-electron chi connectivity index (χ2n) is 1.07. The number of carbonyl (C=O) groups excluding carboxylic acids is 3. The van der Waals surface area contributed by atoms with Crippen molar-refractivity contribution in [2.24, 2.45) is 0 Å². The van der Waals surface area contributed by atoms with Crippen molar-refractivity contribution in [1.29, 1.82) is 0 Å². The number of aliphatic carboxylic acids is 3. The molecule has 0 saturated carbocycles. The number of carboxylic acids is 3. The molecular weight excluding hydrogens is 255 g/mol. The molecule has 58 valence electrons. The van der Waals surface area contributed by atoms with Gasteiger partial charge in [0.2, 0.25) is 0 Å². The van der Waals surface area contributed by atoms with E-state index in [-0.39, 0.29) is 75.0 Å². The number of carboxylic acid groups (broad SMARTS) is 3. The summed E-state index contributed by atoms with van der Waals surface area (Å²) < 4.78 is 0. The standard InChI is InChI=1S/C2H2O4.C2H4O2.Na.Sr/c3-1(4)2(5)6;1-2(3)4;;/h(H,3,4)(H,5,6);1H3,(H,3,4);;/q;;+1;+2/p-3. The molecule has 6 nitrogen and oxygen atoms in total. The van der Waals surface area contributed by atoms with Gasteiger partial charge in [-0.2, -0.15) is 0 Å². The van der Waals surface area contributed by atoms with E-state index in [4.69, 9.17) is 29.7 Å². The molecule has 0 amide bonds. The fraction of sp³-hybridized carbons (Fsp3) is 0.250. The Bertz CT molecular complexity index is 142. The van der Waals surface area contributed by atoms with E-state index in [2.05, 4.69) is 0 Å². The van der Waals surface area contributed by atoms with Gasteiger partial charge in [0.1, 0.15) is 0 Å². The maximum Gasteiger partial charge on any atom is 2.00 e. The average molecular weight is 258 g/mol. The van der Waals surface area contributed by atoms with Crippen LogP contribution in [-0.4, -0.2) is 63.4 Å². The molecule has 0 aromatic carbocycles. The van der Waals surface area contributed by atoms with Gasteiger partial charge in [-0.05, 0) is 6.92 Å². The summed E-state index contributed by atoms with van der Waals surface area (Å²) in [4.78, 5) is 26.7. The first-order valence-corrected chi connectivity index (χ1v) is 1.97. The van der Waals surface area contributed by atoms with Crippen LogP contribution in [0.2, 0.25) is 0 Å². The number of hydrogen-bond donors (Lipinski definition) is 0. The van der Waals surface area contributed by atoms with E-state index in [1.54, 1.807) is 0 Å². The van der Waals surface area contributed by atoms with Crippen LogP contribution in [0.15, 0.2) is 0 Å². The van der Waals surface area contributed by atoms with Crippen molar-refractivity contribution >= 4 is 63.4 Å². The molecule has 0 N–H and O–H groups in total. The predicted molar refractivity (Wildman–Crippen MR) is 26.4 cm³/mol. The third-order valence-electron chi connectivity index (χ3n) is 0.167. The summed E-state index contributed by atoms with van der Waals surface area (Å²) in [5.41, 5.74) is 0. The van der Waals surface area contributed by atoms with E-state index in [0.29, 0.717) is 0 Å². The van der Waals surface area contributed by atoms with E-state index >= 15 is 0 Å². The Hall–Kier alpha value is 0.891. The Morgan fingerprint density at radius 2 is 1.00 bits per heavy atom. The van der Waals surface area contributed by atoms with Crippen LogP contribution in [0, 0.1) is 0 Å². The molecule has 0 atom stereocenters. The molecule has 12 heavy (non-hydrogen) atoms. The number of hydrogen-bond acceptors (Lipinski definition) is 6. The van der Waals surface area contributed by atoms with Gasteiger partial charge >= 0.3 is 75.0 Å². The maximum atomic E-state index is 8.93. The summed E-state index contributed by atoms with van der Waals surface area (Å²) >= 11 is 0. The average Bonchev–Trinajstić information content (AvgIpc) is 1.63. The first kappa shape index (κ1) is 23.1. The minimum Gasteiger partial charge on any atom is -0.550 e. The van der Waals surface area contributed by atoms with E-state index in [1.807, 2.05) is 0 Å². The van der Waals surface area contributed by atoms with E-state index in [1.165, 1.54) is 0 Å². The smallest absolute Gasteiger partial charge is 0.550 e. The molecule has 0 aliphatic carbocycles. The molecule has 0 bridgehead atoms. The fourth-order valence-corrected chi connectivity index (χ4v) is 0. The van der Waals surface area contributed by atoms with Crippen LogP contribution in [0.25, 0.3) is 0 Å². The maximum absolute atomic E-state index is 8.93. The normalized spacial score (nSPS) is 5.75. The molecule has 0 aliphatic rings. The molecule has 0 aliphatic heterocycles. The molecule has 8 heteroatoms. The van der Waals surface area contributed by atoms with Crippen LogP contribution < -0.4 is 44.9 Å². The quantitative estimate of drug-likeness (QED) is 0.314. The Labute approximate surface area is 128 Å². The van der Waals surface area contributed by atoms with Crippen LogP contribution >= 0.6 is 0 Å². The summed E-state index contributed by atoms with van der Waals surface area (Å²) in [6.07, 6.45) is 0. The van der Waals surface area contributed by atoms with Crippen LogP contribution in [0.4, 0.5) is 0 Å². The molecule has 0 saturated heterocycles. The second kappa shape index (κ2) is 14.4. The zero-order valence-electron chi connectivity index (χ0n) is 6.66. The SMILES string of the molecule is CC(=O)[O-].O=C([O-])C(=O)[O-].[Na+].[Sr+2]. The van der Waals surface area contributed by atoms with Crippen molar-refractivity contribution in [3.8, 4) is 0 Å². The molecule has 0 heterocycles. The van der Waals surface area contributed by atoms with Crippen LogP contribution in [-0.2, 0) is 14.4 Å². The summed E-state index contributed by atoms with van der Waals surface area (Å²) in [5.74, 6) is -5.45. The summed E-state index contributed by atoms with van der Waals surface area (Å²) in [5, 5.41) is 26.7. The third-order valence-corrected chi connectivity index (χ3v) is 0.167. The van der Waals surface area contributed by atoms with E-state index < -0.39 is 17.9 Å². The van der Waals surface area contributed by atoms with Crippen molar-refractivity contribution < 1.29 is 59.3 Å². The van der Waals surface area contributed by atoms with Crippen molar-refractivity contribution in [2.45, 2.75) is 6.92 Å². The summed E-state index contributed by atoms with van der Waals surface area (Å²) in [7, 11) is 0. The minimum absolute atomic E-state index is 0. The van der Waals surface area contributed by atoms with Gasteiger partial charge in [0.15, 0.2) is 0 Å². The molecule has 0 unspecified atom stereocenters. The van der Waals surface area contributed by atoms with Crippen molar-refractivity contribution in [3.63, 3.8) is 0 Å². The largest absolute Gasteiger partial charge is 2.00 e. The molecule has 0 spiro atoms. The number of rotatable bonds is 0. The van der Waals surface area contributed by atoms with Gasteiger partial charge in [0, 0.05) is 5.97 Å². The Morgan fingerprint density at radius 1 is 0.917 bits per heavy atom. The molecule has 0 radical (unpaired) electrons. The number of carbonyl (C=O) groups is 3. The summed E-state index contributed by atoms with van der Waals surface area (Å²) in [6, 6.07) is 0. The Morgan fingerprint density at radius 3 is 1.00 bits per heavy atom. The molecule has 0 fully saturated rings. The van der Waals surface area contributed by atoms with Crippen LogP contribution in [0.5, 0.6) is 0 Å². The third kappa shape index (κ3) is 44.5. The Balaban J connectivity index is -0.0000000483. The predicted octanol–water partition coefficient (Wildman–Crippen LogP) is -8.13. The monoisotopic (exact) mass is 258 g/mol. The fourth-order valence-electron chi connectivity index (χ4n) is 0. The van der Waals surface area contributed by atoms with Gasteiger partial charge in [0.05, 0.1) is 11.9 Å². The van der Waals surface area contributed by atoms with E-state index in [9.17, 15) is 0 Å². The molecule has 0 aromatic rings. The summed E-state index contributed by atoms with van der Waals surface area (Å²) in [6.45, 7) is 0.972. The van der Waals surface area contributed by atoms with Crippen molar-refractivity contribution in [2.75, 3.05) is 0 Å². The zero-order valence-corrected chi connectivity index (χ0v) is 12.1. The van der Waals surface area contributed by atoms with Crippen LogP contribution in [0.3, 0.4) is 0 Å². The second-order valence-corrected chi connectivity index (χ2v) is 1.07. The minimum atomic E-state index is -2.19.